The number of carboxylic acid groups (broad SMARTS) is 1. The topological polar surface area (TPSA) is 212 Å². The van der Waals surface area contributed by atoms with E-state index in [1.54, 1.807) is 19.0 Å². The van der Waals surface area contributed by atoms with Crippen molar-refractivity contribution in [2.24, 2.45) is 16.6 Å². The molecule has 0 bridgehead atoms. The molecule has 0 aromatic rings. The maximum atomic E-state index is 12.0. The summed E-state index contributed by atoms with van der Waals surface area (Å²) in [6.07, 6.45) is -0.500. The highest BCUT2D eigenvalue weighted by Gasteiger charge is 2.22. The van der Waals surface area contributed by atoms with Crippen LogP contribution in [0.3, 0.4) is 0 Å². The molecule has 0 aromatic heterocycles. The van der Waals surface area contributed by atoms with Crippen LogP contribution in [0.2, 0.25) is 0 Å². The van der Waals surface area contributed by atoms with E-state index >= 15 is 0 Å². The van der Waals surface area contributed by atoms with Crippen LogP contribution >= 0.6 is 0 Å². The number of hydrazine groups is 1. The number of nitroso groups, excluding NO2 is 1. The average molecular weight is 391 g/mol. The Morgan fingerprint density at radius 1 is 1.26 bits per heavy atom. The summed E-state index contributed by atoms with van der Waals surface area (Å²) in [4.78, 5) is 44.1. The summed E-state index contributed by atoms with van der Waals surface area (Å²) in [5.41, 5.74) is 13.8. The third-order valence-electron chi connectivity index (χ3n) is 3.65. The summed E-state index contributed by atoms with van der Waals surface area (Å²) >= 11 is 0. The van der Waals surface area contributed by atoms with E-state index in [-0.39, 0.29) is 19.4 Å². The SMILES string of the molecule is CC(O)C(N)CN(C)NCC(CCC(N)=O)NC(=O)NC(CN=O)C(=O)O. The smallest absolute Gasteiger partial charge is 0.328 e. The fraction of sp³-hybridized carbons (Fsp3) is 0.786. The molecule has 27 heavy (non-hydrogen) atoms. The number of nitrogens with one attached hydrogen (secondary N) is 3. The van der Waals surface area contributed by atoms with E-state index in [1.165, 1.54) is 0 Å². The van der Waals surface area contributed by atoms with E-state index < -0.39 is 48.7 Å². The lowest BCUT2D eigenvalue weighted by Gasteiger charge is -2.27. The van der Waals surface area contributed by atoms with Crippen molar-refractivity contribution in [3.8, 4) is 0 Å². The molecular weight excluding hydrogens is 362 g/mol. The first kappa shape index (κ1) is 24.7. The van der Waals surface area contributed by atoms with Crippen molar-refractivity contribution in [1.29, 1.82) is 0 Å². The van der Waals surface area contributed by atoms with Gasteiger partial charge in [-0.1, -0.05) is 5.18 Å². The molecule has 0 saturated heterocycles. The van der Waals surface area contributed by atoms with Crippen LogP contribution < -0.4 is 27.5 Å². The van der Waals surface area contributed by atoms with E-state index in [9.17, 15) is 24.4 Å². The maximum absolute atomic E-state index is 12.0. The second-order valence-corrected chi connectivity index (χ2v) is 6.17. The Kier molecular flexibility index (Phi) is 11.8. The van der Waals surface area contributed by atoms with Gasteiger partial charge in [0.1, 0.15) is 6.54 Å². The standard InChI is InChI=1S/C14H29N7O6/c1-8(22)10(15)7-21(2)17-5-9(3-4-12(16)23)19-14(26)20-11(6-18-27)13(24)25/h8-11,17,22H,3-7,15H2,1-2H3,(H2,16,23)(H,24,25)(H2,19,20,26). The number of hydrogen-bond donors (Lipinski definition) is 7. The molecule has 4 unspecified atom stereocenters. The fourth-order valence-electron chi connectivity index (χ4n) is 1.99. The molecule has 0 saturated carbocycles. The highest BCUT2D eigenvalue weighted by Crippen LogP contribution is 1.98. The van der Waals surface area contributed by atoms with Crippen molar-refractivity contribution in [3.63, 3.8) is 0 Å². The number of amides is 3. The van der Waals surface area contributed by atoms with E-state index in [4.69, 9.17) is 16.6 Å². The van der Waals surface area contributed by atoms with Crippen LogP contribution in [0.1, 0.15) is 19.8 Å². The van der Waals surface area contributed by atoms with Gasteiger partial charge in [0.15, 0.2) is 6.04 Å². The van der Waals surface area contributed by atoms with Gasteiger partial charge in [-0.3, -0.25) is 10.2 Å². The number of carbonyl (C=O) groups is 3. The summed E-state index contributed by atoms with van der Waals surface area (Å²) < 4.78 is 0. The number of aliphatic hydroxyl groups excluding tert-OH is 1. The number of rotatable bonds is 14. The Hall–Kier alpha value is -2.35. The van der Waals surface area contributed by atoms with Gasteiger partial charge in [0.05, 0.1) is 6.10 Å². The van der Waals surface area contributed by atoms with Gasteiger partial charge in [0.25, 0.3) is 0 Å². The van der Waals surface area contributed by atoms with Crippen LogP contribution in [0.25, 0.3) is 0 Å². The monoisotopic (exact) mass is 391 g/mol. The van der Waals surface area contributed by atoms with E-state index in [1.807, 2.05) is 0 Å². The van der Waals surface area contributed by atoms with Gasteiger partial charge in [-0.2, -0.15) is 4.91 Å². The molecule has 0 spiro atoms. The first-order valence-electron chi connectivity index (χ1n) is 8.32. The number of nitrogens with two attached hydrogens (primary N) is 2. The largest absolute Gasteiger partial charge is 0.480 e. The van der Waals surface area contributed by atoms with Gasteiger partial charge in [-0.05, 0) is 13.3 Å². The van der Waals surface area contributed by atoms with Crippen LogP contribution in [0.4, 0.5) is 4.79 Å². The number of carbonyl (C=O) groups excluding carboxylic acids is 2. The molecule has 13 heteroatoms. The summed E-state index contributed by atoms with van der Waals surface area (Å²) in [5, 5.41) is 27.0. The minimum Gasteiger partial charge on any atom is -0.480 e. The Bertz CT molecular complexity index is 504. The third kappa shape index (κ3) is 11.8. The van der Waals surface area contributed by atoms with Crippen molar-refractivity contribution in [2.45, 2.75) is 44.0 Å². The van der Waals surface area contributed by atoms with Crippen LogP contribution in [0, 0.1) is 4.91 Å². The predicted octanol–water partition coefficient (Wildman–Crippen LogP) is -2.72. The zero-order valence-electron chi connectivity index (χ0n) is 15.4. The number of hydrogen-bond acceptors (Lipinski definition) is 9. The summed E-state index contributed by atoms with van der Waals surface area (Å²) in [7, 11) is 1.68. The first-order valence-corrected chi connectivity index (χ1v) is 8.32. The molecule has 0 aliphatic carbocycles. The maximum Gasteiger partial charge on any atom is 0.328 e. The zero-order valence-corrected chi connectivity index (χ0v) is 15.4. The van der Waals surface area contributed by atoms with Crippen LogP contribution in [0.5, 0.6) is 0 Å². The molecular formula is C14H29N7O6. The predicted molar refractivity (Wildman–Crippen MR) is 96.3 cm³/mol. The number of urea groups is 1. The van der Waals surface area contributed by atoms with Crippen molar-refractivity contribution in [3.05, 3.63) is 4.91 Å². The molecule has 0 aromatic carbocycles. The van der Waals surface area contributed by atoms with Crippen molar-refractivity contribution in [2.75, 3.05) is 26.7 Å². The lowest BCUT2D eigenvalue weighted by atomic mass is 10.1. The lowest BCUT2D eigenvalue weighted by molar-refractivity contribution is -0.138. The molecule has 0 rings (SSSR count). The molecule has 0 fully saturated rings. The minimum atomic E-state index is -1.46. The molecule has 0 radical (unpaired) electrons. The number of nitrogens with zero attached hydrogens (tertiary/aromatic N) is 2. The molecule has 4 atom stereocenters. The summed E-state index contributed by atoms with van der Waals surface area (Å²) in [5.74, 6) is -1.95. The molecule has 3 amide bonds. The fourth-order valence-corrected chi connectivity index (χ4v) is 1.99. The normalized spacial score (nSPS) is 15.4. The number of carboxylic acids is 1. The van der Waals surface area contributed by atoms with Gasteiger partial charge in [0.2, 0.25) is 5.91 Å². The van der Waals surface area contributed by atoms with Gasteiger partial charge in [-0.25, -0.2) is 14.6 Å². The highest BCUT2D eigenvalue weighted by atomic mass is 16.4. The number of likely N-dealkylation sites (N-methyl/N-ethyl adjacent to an activating group) is 1. The van der Waals surface area contributed by atoms with Gasteiger partial charge in [-0.15, -0.1) is 0 Å². The second kappa shape index (κ2) is 12.9. The average Bonchev–Trinajstić information content (AvgIpc) is 2.56. The van der Waals surface area contributed by atoms with Gasteiger partial charge < -0.3 is 32.3 Å². The molecule has 0 heterocycles. The molecule has 13 nitrogen and oxygen atoms in total. The van der Waals surface area contributed by atoms with Crippen molar-refractivity contribution in [1.82, 2.24) is 21.1 Å². The summed E-state index contributed by atoms with van der Waals surface area (Å²) in [6.45, 7) is 1.45. The van der Waals surface area contributed by atoms with Gasteiger partial charge in [0, 0.05) is 38.6 Å². The van der Waals surface area contributed by atoms with Crippen LogP contribution in [-0.4, -0.2) is 84.0 Å². The van der Waals surface area contributed by atoms with Crippen molar-refractivity contribution < 1.29 is 24.6 Å². The minimum absolute atomic E-state index is 0.00177. The second-order valence-electron chi connectivity index (χ2n) is 6.17. The van der Waals surface area contributed by atoms with Crippen LogP contribution in [-0.2, 0) is 9.59 Å². The molecule has 0 aliphatic heterocycles. The lowest BCUT2D eigenvalue weighted by Crippen LogP contribution is -2.54. The van der Waals surface area contributed by atoms with E-state index in [0.29, 0.717) is 6.54 Å². The molecule has 9 N–H and O–H groups in total. The molecule has 0 aliphatic rings. The first-order chi connectivity index (χ1) is 12.6. The number of aliphatic hydroxyl groups is 1. The third-order valence-corrected chi connectivity index (χ3v) is 3.65. The van der Waals surface area contributed by atoms with E-state index in [0.717, 1.165) is 0 Å². The number of primary amides is 1. The zero-order chi connectivity index (χ0) is 21.0. The van der Waals surface area contributed by atoms with E-state index in [2.05, 4.69) is 21.2 Å². The quantitative estimate of drug-likeness (QED) is 0.121. The Morgan fingerprint density at radius 3 is 2.37 bits per heavy atom. The van der Waals surface area contributed by atoms with Crippen LogP contribution in [0.15, 0.2) is 5.18 Å². The Balaban J connectivity index is 4.69. The van der Waals surface area contributed by atoms with Gasteiger partial charge >= 0.3 is 12.0 Å². The Labute approximate surface area is 156 Å². The Morgan fingerprint density at radius 2 is 1.89 bits per heavy atom. The van der Waals surface area contributed by atoms with Crippen molar-refractivity contribution >= 4 is 17.9 Å². The molecule has 156 valence electrons. The number of aliphatic carboxylic acids is 1. The highest BCUT2D eigenvalue weighted by molar-refractivity contribution is 5.83. The summed E-state index contributed by atoms with van der Waals surface area (Å²) in [6, 6.07) is -3.35.